The third-order valence-electron chi connectivity index (χ3n) is 2.34. The summed E-state index contributed by atoms with van der Waals surface area (Å²) in [6, 6.07) is 3.09. The maximum Gasteiger partial charge on any atom is 0.295 e. The molecule has 1 rings (SSSR count). The lowest BCUT2D eigenvalue weighted by atomic mass is 9.99. The molecular formula is C10H14N2O4. The Hall–Kier alpha value is -1.66. The molecule has 1 aromatic rings. The van der Waals surface area contributed by atoms with Crippen molar-refractivity contribution >= 4 is 11.4 Å². The predicted molar refractivity (Wildman–Crippen MR) is 59.1 cm³/mol. The van der Waals surface area contributed by atoms with Gasteiger partial charge < -0.3 is 15.9 Å². The van der Waals surface area contributed by atoms with Crippen molar-refractivity contribution in [2.45, 2.75) is 12.8 Å². The van der Waals surface area contributed by atoms with Gasteiger partial charge in [-0.2, -0.15) is 0 Å². The summed E-state index contributed by atoms with van der Waals surface area (Å²) in [5, 5.41) is 28.6. The van der Waals surface area contributed by atoms with Crippen molar-refractivity contribution < 1.29 is 15.1 Å². The lowest BCUT2D eigenvalue weighted by molar-refractivity contribution is -0.384. The number of nitro benzene ring substituents is 1. The third-order valence-corrected chi connectivity index (χ3v) is 2.34. The van der Waals surface area contributed by atoms with Crippen LogP contribution in [-0.2, 0) is 12.8 Å². The predicted octanol–water partition coefficient (Wildman–Crippen LogP) is 0.247. The van der Waals surface area contributed by atoms with Gasteiger partial charge in [-0.05, 0) is 18.1 Å². The van der Waals surface area contributed by atoms with E-state index in [0.717, 1.165) is 0 Å². The smallest absolute Gasteiger partial charge is 0.295 e. The van der Waals surface area contributed by atoms with E-state index in [1.54, 1.807) is 6.07 Å². The first-order valence-electron chi connectivity index (χ1n) is 4.88. The summed E-state index contributed by atoms with van der Waals surface area (Å²) in [5.41, 5.74) is 6.50. The molecule has 0 spiro atoms. The van der Waals surface area contributed by atoms with E-state index in [1.807, 2.05) is 0 Å². The molecular weight excluding hydrogens is 212 g/mol. The number of rotatable bonds is 5. The van der Waals surface area contributed by atoms with Crippen LogP contribution >= 0.6 is 0 Å². The average Bonchev–Trinajstić information content (AvgIpc) is 2.22. The number of aliphatic hydroxyl groups excluding tert-OH is 2. The fourth-order valence-corrected chi connectivity index (χ4v) is 1.66. The molecule has 0 aromatic heterocycles. The van der Waals surface area contributed by atoms with Crippen molar-refractivity contribution in [3.8, 4) is 0 Å². The second kappa shape index (κ2) is 5.43. The molecule has 0 radical (unpaired) electrons. The molecule has 16 heavy (non-hydrogen) atoms. The lowest BCUT2D eigenvalue weighted by Gasteiger charge is -2.09. The topological polar surface area (TPSA) is 110 Å². The molecule has 0 aliphatic heterocycles. The van der Waals surface area contributed by atoms with Crippen LogP contribution in [0.15, 0.2) is 12.1 Å². The van der Waals surface area contributed by atoms with Gasteiger partial charge in [-0.3, -0.25) is 10.1 Å². The van der Waals surface area contributed by atoms with Gasteiger partial charge in [-0.15, -0.1) is 0 Å². The molecule has 0 saturated carbocycles. The van der Waals surface area contributed by atoms with Crippen LogP contribution in [0.1, 0.15) is 11.1 Å². The first-order valence-corrected chi connectivity index (χ1v) is 4.88. The highest BCUT2D eigenvalue weighted by Crippen LogP contribution is 2.29. The molecule has 88 valence electrons. The monoisotopic (exact) mass is 226 g/mol. The molecule has 0 heterocycles. The van der Waals surface area contributed by atoms with E-state index in [-0.39, 0.29) is 31.0 Å². The number of aliphatic hydroxyl groups is 2. The Bertz CT molecular complexity index is 393. The molecule has 0 amide bonds. The summed E-state index contributed by atoms with van der Waals surface area (Å²) in [5.74, 6) is 0. The summed E-state index contributed by atoms with van der Waals surface area (Å²) in [7, 11) is 0. The molecule has 0 saturated heterocycles. The van der Waals surface area contributed by atoms with Gasteiger partial charge in [0.05, 0.1) is 4.92 Å². The van der Waals surface area contributed by atoms with E-state index in [0.29, 0.717) is 17.5 Å². The van der Waals surface area contributed by atoms with Crippen LogP contribution in [0.4, 0.5) is 11.4 Å². The van der Waals surface area contributed by atoms with Gasteiger partial charge in [0.25, 0.3) is 5.69 Å². The number of hydrogen-bond acceptors (Lipinski definition) is 5. The second-order valence-corrected chi connectivity index (χ2v) is 3.35. The van der Waals surface area contributed by atoms with Crippen molar-refractivity contribution in [3.05, 3.63) is 33.4 Å². The Balaban J connectivity index is 3.31. The normalized spacial score (nSPS) is 10.4. The Morgan fingerprint density at radius 3 is 2.38 bits per heavy atom. The lowest BCUT2D eigenvalue weighted by Crippen LogP contribution is -2.07. The van der Waals surface area contributed by atoms with E-state index in [2.05, 4.69) is 0 Å². The van der Waals surface area contributed by atoms with Crippen molar-refractivity contribution in [2.24, 2.45) is 0 Å². The minimum Gasteiger partial charge on any atom is -0.396 e. The SMILES string of the molecule is Nc1ccc(CCO)c(CCO)c1[N+](=O)[O-]. The Morgan fingerprint density at radius 2 is 1.88 bits per heavy atom. The van der Waals surface area contributed by atoms with E-state index < -0.39 is 4.92 Å². The Labute approximate surface area is 92.5 Å². The molecule has 4 N–H and O–H groups in total. The second-order valence-electron chi connectivity index (χ2n) is 3.35. The van der Waals surface area contributed by atoms with E-state index in [9.17, 15) is 10.1 Å². The molecule has 0 bridgehead atoms. The minimum absolute atomic E-state index is 0.0788. The summed E-state index contributed by atoms with van der Waals surface area (Å²) >= 11 is 0. The van der Waals surface area contributed by atoms with Gasteiger partial charge in [-0.25, -0.2) is 0 Å². The highest BCUT2D eigenvalue weighted by molar-refractivity contribution is 5.64. The Morgan fingerprint density at radius 1 is 1.25 bits per heavy atom. The molecule has 6 nitrogen and oxygen atoms in total. The number of nitrogens with two attached hydrogens (primary N) is 1. The van der Waals surface area contributed by atoms with Gasteiger partial charge in [0.1, 0.15) is 5.69 Å². The highest BCUT2D eigenvalue weighted by Gasteiger charge is 2.20. The number of anilines is 1. The van der Waals surface area contributed by atoms with Crippen LogP contribution in [0.5, 0.6) is 0 Å². The first-order chi connectivity index (χ1) is 7.61. The fourth-order valence-electron chi connectivity index (χ4n) is 1.66. The molecule has 0 fully saturated rings. The molecule has 0 unspecified atom stereocenters. The van der Waals surface area contributed by atoms with Gasteiger partial charge in [-0.1, -0.05) is 6.07 Å². The van der Waals surface area contributed by atoms with Gasteiger partial charge >= 0.3 is 0 Å². The van der Waals surface area contributed by atoms with Gasteiger partial charge in [0, 0.05) is 25.2 Å². The maximum absolute atomic E-state index is 10.9. The van der Waals surface area contributed by atoms with Crippen LogP contribution in [0.3, 0.4) is 0 Å². The summed E-state index contributed by atoms with van der Waals surface area (Å²) < 4.78 is 0. The van der Waals surface area contributed by atoms with Gasteiger partial charge in [0.2, 0.25) is 0 Å². The number of nitrogens with zero attached hydrogens (tertiary/aromatic N) is 1. The van der Waals surface area contributed by atoms with E-state index in [1.165, 1.54) is 6.07 Å². The minimum atomic E-state index is -0.554. The standard InChI is InChI=1S/C10H14N2O4/c11-9-2-1-7(3-5-13)8(4-6-14)10(9)12(15)16/h1-2,13-14H,3-6,11H2. The summed E-state index contributed by atoms with van der Waals surface area (Å²) in [6.45, 7) is -0.289. The third kappa shape index (κ3) is 2.47. The molecule has 0 aliphatic carbocycles. The Kier molecular flexibility index (Phi) is 4.21. The fraction of sp³-hybridized carbons (Fsp3) is 0.400. The first kappa shape index (κ1) is 12.4. The zero-order valence-electron chi connectivity index (χ0n) is 8.72. The summed E-state index contributed by atoms with van der Waals surface area (Å²) in [4.78, 5) is 10.3. The molecule has 0 atom stereocenters. The quantitative estimate of drug-likeness (QED) is 0.378. The number of benzene rings is 1. The number of nitrogen functional groups attached to an aromatic ring is 1. The molecule has 0 aliphatic rings. The maximum atomic E-state index is 10.9. The molecule has 1 aromatic carbocycles. The highest BCUT2D eigenvalue weighted by atomic mass is 16.6. The van der Waals surface area contributed by atoms with Crippen LogP contribution < -0.4 is 5.73 Å². The zero-order chi connectivity index (χ0) is 12.1. The van der Waals surface area contributed by atoms with Crippen molar-refractivity contribution in [1.29, 1.82) is 0 Å². The van der Waals surface area contributed by atoms with Crippen LogP contribution in [-0.4, -0.2) is 28.4 Å². The number of nitro groups is 1. The molecule has 6 heteroatoms. The zero-order valence-corrected chi connectivity index (χ0v) is 8.72. The average molecular weight is 226 g/mol. The largest absolute Gasteiger partial charge is 0.396 e. The van der Waals surface area contributed by atoms with E-state index in [4.69, 9.17) is 15.9 Å². The van der Waals surface area contributed by atoms with Crippen LogP contribution in [0, 0.1) is 10.1 Å². The van der Waals surface area contributed by atoms with Crippen molar-refractivity contribution in [1.82, 2.24) is 0 Å². The van der Waals surface area contributed by atoms with Gasteiger partial charge in [0.15, 0.2) is 0 Å². The van der Waals surface area contributed by atoms with E-state index >= 15 is 0 Å². The van der Waals surface area contributed by atoms with Crippen molar-refractivity contribution in [2.75, 3.05) is 18.9 Å². The number of hydrogen-bond donors (Lipinski definition) is 3. The summed E-state index contributed by atoms with van der Waals surface area (Å²) in [6.07, 6.45) is 0.479. The van der Waals surface area contributed by atoms with Crippen molar-refractivity contribution in [3.63, 3.8) is 0 Å². The van der Waals surface area contributed by atoms with Crippen LogP contribution in [0.2, 0.25) is 0 Å². The van der Waals surface area contributed by atoms with Crippen LogP contribution in [0.25, 0.3) is 0 Å².